The quantitative estimate of drug-likeness (QED) is 0.494. The molecule has 2 heterocycles. The molecule has 1 atom stereocenters. The molecule has 0 saturated heterocycles. The Hall–Kier alpha value is -3.38. The number of nitrogens with one attached hydrogen (secondary N) is 1. The Morgan fingerprint density at radius 3 is 2.47 bits per heavy atom. The Morgan fingerprint density at radius 2 is 1.80 bits per heavy atom. The van der Waals surface area contributed by atoms with Crippen LogP contribution in [0.2, 0.25) is 0 Å². The number of aromatic nitrogens is 4. The van der Waals surface area contributed by atoms with Gasteiger partial charge in [0.15, 0.2) is 0 Å². The molecule has 0 unspecified atom stereocenters. The molecule has 0 aliphatic heterocycles. The van der Waals surface area contributed by atoms with Gasteiger partial charge in [0, 0.05) is 36.2 Å². The highest BCUT2D eigenvalue weighted by Crippen LogP contribution is 2.22. The van der Waals surface area contributed by atoms with Crippen molar-refractivity contribution in [3.05, 3.63) is 89.5 Å². The zero-order valence-corrected chi connectivity index (χ0v) is 17.8. The molecular weight excluding hydrogens is 374 g/mol. The Labute approximate surface area is 177 Å². The Balaban J connectivity index is 1.45. The Kier molecular flexibility index (Phi) is 5.68. The van der Waals surface area contributed by atoms with E-state index in [2.05, 4.69) is 54.5 Å². The fourth-order valence-corrected chi connectivity index (χ4v) is 3.65. The second-order valence-corrected chi connectivity index (χ2v) is 7.46. The molecule has 4 rings (SSSR count). The monoisotopic (exact) mass is 401 g/mol. The minimum atomic E-state index is 0.183. The van der Waals surface area contributed by atoms with Crippen LogP contribution in [0.25, 0.3) is 11.4 Å². The highest BCUT2D eigenvalue weighted by Gasteiger charge is 2.14. The molecule has 2 aromatic carbocycles. The van der Waals surface area contributed by atoms with Crippen molar-refractivity contribution in [1.82, 2.24) is 24.9 Å². The van der Waals surface area contributed by atoms with Gasteiger partial charge in [-0.2, -0.15) is 10.2 Å². The van der Waals surface area contributed by atoms with Crippen molar-refractivity contribution in [1.29, 1.82) is 0 Å². The topological polar surface area (TPSA) is 56.9 Å². The van der Waals surface area contributed by atoms with Crippen molar-refractivity contribution < 1.29 is 4.74 Å². The van der Waals surface area contributed by atoms with Gasteiger partial charge >= 0.3 is 0 Å². The maximum Gasteiger partial charge on any atom is 0.119 e. The molecule has 4 aromatic rings. The summed E-state index contributed by atoms with van der Waals surface area (Å²) in [5.41, 5.74) is 6.94. The molecule has 0 radical (unpaired) electrons. The third-order valence-corrected chi connectivity index (χ3v) is 5.53. The number of hydrogen-bond acceptors (Lipinski definition) is 4. The zero-order chi connectivity index (χ0) is 21.1. The van der Waals surface area contributed by atoms with E-state index in [0.717, 1.165) is 29.4 Å². The van der Waals surface area contributed by atoms with Crippen LogP contribution in [0.15, 0.2) is 67.1 Å². The summed E-state index contributed by atoms with van der Waals surface area (Å²) in [6.45, 7) is 7.21. The van der Waals surface area contributed by atoms with Crippen molar-refractivity contribution in [3.63, 3.8) is 0 Å². The molecule has 6 nitrogen and oxygen atoms in total. The number of aryl methyl sites for hydroxylation is 1. The summed E-state index contributed by atoms with van der Waals surface area (Å²) in [5, 5.41) is 12.5. The predicted octanol–water partition coefficient (Wildman–Crippen LogP) is 4.53. The zero-order valence-electron chi connectivity index (χ0n) is 17.8. The van der Waals surface area contributed by atoms with Crippen LogP contribution in [0, 0.1) is 13.8 Å². The molecule has 0 fully saturated rings. The summed E-state index contributed by atoms with van der Waals surface area (Å²) in [7, 11) is 1.67. The van der Waals surface area contributed by atoms with Crippen LogP contribution in [0.1, 0.15) is 35.3 Å². The van der Waals surface area contributed by atoms with Gasteiger partial charge in [-0.3, -0.25) is 0 Å². The lowest BCUT2D eigenvalue weighted by Crippen LogP contribution is -2.19. The third-order valence-electron chi connectivity index (χ3n) is 5.53. The molecular formula is C24H27N5O. The molecule has 0 aliphatic carbocycles. The summed E-state index contributed by atoms with van der Waals surface area (Å²) in [6.07, 6.45) is 5.70. The average molecular weight is 402 g/mol. The van der Waals surface area contributed by atoms with Crippen LogP contribution in [-0.2, 0) is 6.54 Å². The van der Waals surface area contributed by atoms with E-state index in [1.54, 1.807) is 13.3 Å². The molecule has 1 N–H and O–H groups in total. The molecule has 30 heavy (non-hydrogen) atoms. The van der Waals surface area contributed by atoms with Gasteiger partial charge in [0.05, 0.1) is 24.7 Å². The molecule has 0 bridgehead atoms. The number of hydrogen-bond donors (Lipinski definition) is 1. The van der Waals surface area contributed by atoms with E-state index >= 15 is 0 Å². The number of rotatable bonds is 7. The molecule has 0 aliphatic rings. The van der Waals surface area contributed by atoms with Gasteiger partial charge in [-0.1, -0.05) is 6.07 Å². The fraction of sp³-hybridized carbons (Fsp3) is 0.250. The van der Waals surface area contributed by atoms with E-state index in [1.165, 1.54) is 16.7 Å². The SMILES string of the molecule is COc1ccc(-n2ncc([C@H](C)NCc3ccc(-n4cccn4)cc3C)c2C)cc1. The normalized spacial score (nSPS) is 12.1. The lowest BCUT2D eigenvalue weighted by molar-refractivity contribution is 0.414. The number of benzene rings is 2. The standard InChI is InChI=1S/C24H27N5O/c1-17-14-22(28-13-5-12-26-28)7-6-20(17)15-25-18(2)24-16-27-29(19(24)3)21-8-10-23(30-4)11-9-21/h5-14,16,18,25H,15H2,1-4H3/t18-/m0/s1. The van der Waals surface area contributed by atoms with E-state index in [1.807, 2.05) is 52.1 Å². The number of methoxy groups -OCH3 is 1. The summed E-state index contributed by atoms with van der Waals surface area (Å²) in [6, 6.07) is 16.5. The first kappa shape index (κ1) is 19.9. The molecule has 0 amide bonds. The van der Waals surface area contributed by atoms with Crippen LogP contribution < -0.4 is 10.1 Å². The Bertz CT molecular complexity index is 1110. The smallest absolute Gasteiger partial charge is 0.119 e. The van der Waals surface area contributed by atoms with Gasteiger partial charge in [0.1, 0.15) is 5.75 Å². The van der Waals surface area contributed by atoms with Crippen LogP contribution in [-0.4, -0.2) is 26.7 Å². The Morgan fingerprint density at radius 1 is 1.03 bits per heavy atom. The maximum absolute atomic E-state index is 5.25. The van der Waals surface area contributed by atoms with E-state index in [9.17, 15) is 0 Å². The third kappa shape index (κ3) is 4.00. The second kappa shape index (κ2) is 8.55. The van der Waals surface area contributed by atoms with E-state index in [-0.39, 0.29) is 6.04 Å². The lowest BCUT2D eigenvalue weighted by Gasteiger charge is -2.16. The summed E-state index contributed by atoms with van der Waals surface area (Å²) in [5.74, 6) is 0.841. The van der Waals surface area contributed by atoms with Crippen LogP contribution >= 0.6 is 0 Å². The van der Waals surface area contributed by atoms with Crippen molar-refractivity contribution in [2.45, 2.75) is 33.4 Å². The van der Waals surface area contributed by atoms with Crippen molar-refractivity contribution in [3.8, 4) is 17.1 Å². The summed E-state index contributed by atoms with van der Waals surface area (Å²) in [4.78, 5) is 0. The summed E-state index contributed by atoms with van der Waals surface area (Å²) < 4.78 is 9.09. The maximum atomic E-state index is 5.25. The first-order valence-corrected chi connectivity index (χ1v) is 10.1. The number of nitrogens with zero attached hydrogens (tertiary/aromatic N) is 4. The van der Waals surface area contributed by atoms with Crippen LogP contribution in [0.4, 0.5) is 0 Å². The summed E-state index contributed by atoms with van der Waals surface area (Å²) >= 11 is 0. The van der Waals surface area contributed by atoms with Crippen LogP contribution in [0.5, 0.6) is 5.75 Å². The highest BCUT2D eigenvalue weighted by molar-refractivity contribution is 5.41. The van der Waals surface area contributed by atoms with Gasteiger partial charge < -0.3 is 10.1 Å². The van der Waals surface area contributed by atoms with Crippen molar-refractivity contribution in [2.75, 3.05) is 7.11 Å². The number of ether oxygens (including phenoxy) is 1. The van der Waals surface area contributed by atoms with Gasteiger partial charge in [-0.05, 0) is 74.4 Å². The molecule has 6 heteroatoms. The lowest BCUT2D eigenvalue weighted by atomic mass is 10.1. The first-order chi connectivity index (χ1) is 14.6. The average Bonchev–Trinajstić information content (AvgIpc) is 3.43. The molecule has 154 valence electrons. The van der Waals surface area contributed by atoms with Crippen molar-refractivity contribution >= 4 is 0 Å². The largest absolute Gasteiger partial charge is 0.497 e. The minimum Gasteiger partial charge on any atom is -0.497 e. The highest BCUT2D eigenvalue weighted by atomic mass is 16.5. The first-order valence-electron chi connectivity index (χ1n) is 10.1. The van der Waals surface area contributed by atoms with E-state index in [0.29, 0.717) is 0 Å². The van der Waals surface area contributed by atoms with Crippen LogP contribution in [0.3, 0.4) is 0 Å². The molecule has 2 aromatic heterocycles. The minimum absolute atomic E-state index is 0.183. The van der Waals surface area contributed by atoms with Gasteiger partial charge in [-0.25, -0.2) is 9.36 Å². The van der Waals surface area contributed by atoms with Gasteiger partial charge in [-0.15, -0.1) is 0 Å². The molecule has 0 saturated carbocycles. The fourth-order valence-electron chi connectivity index (χ4n) is 3.65. The second-order valence-electron chi connectivity index (χ2n) is 7.46. The van der Waals surface area contributed by atoms with Gasteiger partial charge in [0.2, 0.25) is 0 Å². The van der Waals surface area contributed by atoms with Crippen molar-refractivity contribution in [2.24, 2.45) is 0 Å². The predicted molar refractivity (Wildman–Crippen MR) is 118 cm³/mol. The van der Waals surface area contributed by atoms with E-state index < -0.39 is 0 Å². The van der Waals surface area contributed by atoms with E-state index in [4.69, 9.17) is 4.74 Å². The molecule has 0 spiro atoms. The van der Waals surface area contributed by atoms with Gasteiger partial charge in [0.25, 0.3) is 0 Å².